The molecule has 0 radical (unpaired) electrons. The van der Waals surface area contributed by atoms with E-state index in [4.69, 9.17) is 0 Å². The molecule has 0 spiro atoms. The van der Waals surface area contributed by atoms with Gasteiger partial charge in [-0.25, -0.2) is 13.2 Å². The molecule has 0 aliphatic carbocycles. The largest absolute Gasteiger partial charge is 0.345 e. The molecule has 120 valence electrons. The number of halogens is 3. The van der Waals surface area contributed by atoms with Crippen molar-refractivity contribution < 1.29 is 13.2 Å². The summed E-state index contributed by atoms with van der Waals surface area (Å²) in [7, 11) is 1.89. The van der Waals surface area contributed by atoms with Crippen molar-refractivity contribution in [2.45, 2.75) is 25.8 Å². The lowest BCUT2D eigenvalue weighted by Crippen LogP contribution is -2.35. The Morgan fingerprint density at radius 1 is 1.50 bits per heavy atom. The van der Waals surface area contributed by atoms with Crippen molar-refractivity contribution in [3.63, 3.8) is 0 Å². The summed E-state index contributed by atoms with van der Waals surface area (Å²) in [4.78, 5) is 3.97. The summed E-state index contributed by atoms with van der Waals surface area (Å²) in [5.74, 6) is 0.915. The Labute approximate surface area is 137 Å². The number of nitrogens with one attached hydrogen (secondary N) is 1. The van der Waals surface area contributed by atoms with Gasteiger partial charge in [0.1, 0.15) is 16.6 Å². The summed E-state index contributed by atoms with van der Waals surface area (Å²) >= 11 is 6.09. The number of aliphatic imine (C=N–C) groups is 1. The van der Waals surface area contributed by atoms with Gasteiger partial charge in [-0.1, -0.05) is 12.2 Å². The third-order valence-electron chi connectivity index (χ3n) is 3.42. The first-order valence-corrected chi connectivity index (χ1v) is 7.90. The van der Waals surface area contributed by atoms with Crippen LogP contribution in [0.2, 0.25) is 0 Å². The quantitative estimate of drug-likeness (QED) is 0.659. The van der Waals surface area contributed by atoms with Crippen molar-refractivity contribution in [1.29, 1.82) is 0 Å². The van der Waals surface area contributed by atoms with E-state index >= 15 is 0 Å². The van der Waals surface area contributed by atoms with Crippen LogP contribution < -0.4 is 5.32 Å². The fourth-order valence-corrected chi connectivity index (χ4v) is 3.14. The smallest absolute Gasteiger partial charge is 0.288 e. The molecule has 1 unspecified atom stereocenters. The van der Waals surface area contributed by atoms with E-state index in [2.05, 4.69) is 22.5 Å². The summed E-state index contributed by atoms with van der Waals surface area (Å²) in [6, 6.07) is 4.12. The van der Waals surface area contributed by atoms with Crippen LogP contribution in [0.25, 0.3) is 0 Å². The first kappa shape index (κ1) is 17.1. The molecule has 2 rings (SSSR count). The second-order valence-electron chi connectivity index (χ2n) is 5.19. The maximum Gasteiger partial charge on any atom is 0.288 e. The van der Waals surface area contributed by atoms with E-state index in [9.17, 15) is 13.2 Å². The van der Waals surface area contributed by atoms with E-state index in [-0.39, 0.29) is 0 Å². The molecule has 0 amide bonds. The van der Waals surface area contributed by atoms with E-state index in [0.717, 1.165) is 5.84 Å². The molecule has 0 saturated heterocycles. The number of benzene rings is 1. The van der Waals surface area contributed by atoms with Crippen LogP contribution in [-0.4, -0.2) is 34.4 Å². The van der Waals surface area contributed by atoms with Crippen LogP contribution in [0.15, 0.2) is 23.2 Å². The Kier molecular flexibility index (Phi) is 5.01. The van der Waals surface area contributed by atoms with Gasteiger partial charge < -0.3 is 9.62 Å². The van der Waals surface area contributed by atoms with E-state index in [1.165, 1.54) is 30.1 Å². The zero-order chi connectivity index (χ0) is 16.5. The lowest BCUT2D eigenvalue weighted by molar-refractivity contribution is 0.228. The summed E-state index contributed by atoms with van der Waals surface area (Å²) in [5, 5.41) is 2.43. The second-order valence-corrected chi connectivity index (χ2v) is 6.72. The Morgan fingerprint density at radius 2 is 2.18 bits per heavy atom. The highest BCUT2D eigenvalue weighted by molar-refractivity contribution is 7.97. The predicted octanol–water partition coefficient (Wildman–Crippen LogP) is 4.06. The Bertz CT molecular complexity index is 621. The van der Waals surface area contributed by atoms with E-state index in [1.807, 2.05) is 25.2 Å². The summed E-state index contributed by atoms with van der Waals surface area (Å²) in [6.07, 6.45) is -2.75. The maximum absolute atomic E-state index is 14.2. The van der Waals surface area contributed by atoms with Gasteiger partial charge in [0.2, 0.25) is 0 Å². The summed E-state index contributed by atoms with van der Waals surface area (Å²) < 4.78 is 41.1. The van der Waals surface area contributed by atoms with Crippen molar-refractivity contribution in [1.82, 2.24) is 4.31 Å². The first-order valence-electron chi connectivity index (χ1n) is 6.55. The molecular weight excluding hydrogens is 331 g/mol. The van der Waals surface area contributed by atoms with Crippen LogP contribution in [0.1, 0.15) is 19.4 Å². The molecule has 1 N–H and O–H groups in total. The standard InChI is InChI=1S/C14H16F3N3S2/c1-8-19-14(2,7-22-20(8)3)10-6-9(4-5-11(10)15)18-13(21)12(16)17/h4-6,12H,7H2,1-3H3,(H,18,21). The average molecular weight is 347 g/mol. The molecule has 0 fully saturated rings. The molecule has 1 aliphatic rings. The number of rotatable bonds is 3. The maximum atomic E-state index is 14.2. The molecule has 1 atom stereocenters. The van der Waals surface area contributed by atoms with E-state index in [1.54, 1.807) is 0 Å². The van der Waals surface area contributed by atoms with Crippen LogP contribution in [-0.2, 0) is 5.54 Å². The number of anilines is 1. The first-order chi connectivity index (χ1) is 10.2. The predicted molar refractivity (Wildman–Crippen MR) is 89.3 cm³/mol. The van der Waals surface area contributed by atoms with Gasteiger partial charge in [-0.3, -0.25) is 4.99 Å². The normalized spacial score (nSPS) is 21.8. The van der Waals surface area contributed by atoms with Crippen molar-refractivity contribution in [3.05, 3.63) is 29.6 Å². The minimum atomic E-state index is -2.75. The topological polar surface area (TPSA) is 27.6 Å². The van der Waals surface area contributed by atoms with Gasteiger partial charge in [-0.15, -0.1) is 0 Å². The number of alkyl halides is 2. The van der Waals surface area contributed by atoms with Gasteiger partial charge in [0.05, 0.1) is 5.54 Å². The lowest BCUT2D eigenvalue weighted by atomic mass is 9.93. The van der Waals surface area contributed by atoms with E-state index in [0.29, 0.717) is 17.0 Å². The fraction of sp³-hybridized carbons (Fsp3) is 0.429. The molecule has 1 heterocycles. The highest BCUT2D eigenvalue weighted by Crippen LogP contribution is 2.37. The second kappa shape index (κ2) is 6.45. The Hall–Kier alpha value is -1.28. The zero-order valence-corrected chi connectivity index (χ0v) is 14.0. The Balaban J connectivity index is 2.37. The molecule has 22 heavy (non-hydrogen) atoms. The van der Waals surface area contributed by atoms with Crippen molar-refractivity contribution in [2.75, 3.05) is 18.1 Å². The van der Waals surface area contributed by atoms with E-state index < -0.39 is 22.8 Å². The molecular formula is C14H16F3N3S2. The SMILES string of the molecule is CC1=NC(C)(c2cc(NC(=S)C(F)F)ccc2F)CSN1C. The van der Waals surface area contributed by atoms with Crippen molar-refractivity contribution in [3.8, 4) is 0 Å². The van der Waals surface area contributed by atoms with Crippen LogP contribution in [0.4, 0.5) is 18.9 Å². The molecule has 0 aromatic heterocycles. The molecule has 1 aromatic rings. The number of hydrogen-bond donors (Lipinski definition) is 1. The highest BCUT2D eigenvalue weighted by Gasteiger charge is 2.34. The number of thiocarbonyl (C=S) groups is 1. The Morgan fingerprint density at radius 3 is 2.77 bits per heavy atom. The van der Waals surface area contributed by atoms with Crippen LogP contribution in [0.3, 0.4) is 0 Å². The van der Waals surface area contributed by atoms with Gasteiger partial charge in [-0.05, 0) is 44.0 Å². The number of amidine groups is 1. The van der Waals surface area contributed by atoms with Gasteiger partial charge in [0.15, 0.2) is 0 Å². The van der Waals surface area contributed by atoms with Gasteiger partial charge >= 0.3 is 0 Å². The van der Waals surface area contributed by atoms with Crippen LogP contribution in [0.5, 0.6) is 0 Å². The molecule has 1 aliphatic heterocycles. The minimum Gasteiger partial charge on any atom is -0.345 e. The lowest BCUT2D eigenvalue weighted by Gasteiger charge is -2.35. The van der Waals surface area contributed by atoms with Crippen molar-refractivity contribution >= 4 is 40.7 Å². The molecule has 1 aromatic carbocycles. The number of nitrogens with zero attached hydrogens (tertiary/aromatic N) is 2. The van der Waals surface area contributed by atoms with Gasteiger partial charge in [0.25, 0.3) is 6.43 Å². The molecule has 0 bridgehead atoms. The van der Waals surface area contributed by atoms with Gasteiger partial charge in [0, 0.05) is 24.1 Å². The molecule has 8 heteroatoms. The molecule has 3 nitrogen and oxygen atoms in total. The fourth-order valence-electron chi connectivity index (χ4n) is 2.13. The van der Waals surface area contributed by atoms with Crippen LogP contribution in [0, 0.1) is 5.82 Å². The molecule has 0 saturated carbocycles. The third kappa shape index (κ3) is 3.55. The van der Waals surface area contributed by atoms with Crippen LogP contribution >= 0.6 is 24.2 Å². The summed E-state index contributed by atoms with van der Waals surface area (Å²) in [5.41, 5.74) is -0.0654. The summed E-state index contributed by atoms with van der Waals surface area (Å²) in [6.45, 7) is 3.67. The third-order valence-corrected chi connectivity index (χ3v) is 5.04. The zero-order valence-electron chi connectivity index (χ0n) is 12.4. The van der Waals surface area contributed by atoms with Gasteiger partial charge in [-0.2, -0.15) is 0 Å². The monoisotopic (exact) mass is 347 g/mol. The van der Waals surface area contributed by atoms with Crippen molar-refractivity contribution in [2.24, 2.45) is 4.99 Å². The highest BCUT2D eigenvalue weighted by atomic mass is 32.2. The number of hydrogen-bond acceptors (Lipinski definition) is 4. The average Bonchev–Trinajstić information content (AvgIpc) is 2.45. The minimum absolute atomic E-state index is 0.333.